The molecule has 1 heterocycles. The Kier molecular flexibility index (Phi) is 5.02. The van der Waals surface area contributed by atoms with Crippen LogP contribution >= 0.6 is 0 Å². The van der Waals surface area contributed by atoms with Crippen molar-refractivity contribution in [1.82, 2.24) is 4.72 Å². The maximum absolute atomic E-state index is 12.8. The van der Waals surface area contributed by atoms with E-state index in [1.165, 1.54) is 19.1 Å². The van der Waals surface area contributed by atoms with Gasteiger partial charge < -0.3 is 9.64 Å². The first-order chi connectivity index (χ1) is 12.3. The molecule has 138 valence electrons. The maximum atomic E-state index is 12.8. The molecule has 0 aliphatic carbocycles. The van der Waals surface area contributed by atoms with Crippen LogP contribution in [0.4, 0.5) is 5.69 Å². The predicted molar refractivity (Wildman–Crippen MR) is 99.7 cm³/mol. The standard InChI is InChI=1S/C19H22N2O4S/c1-13-12-21(15(3)22)18-10-9-17(11-19(18)25-13)26(23,24)20-14(2)16-7-5-4-6-8-16/h4-11,13-14,20H,12H2,1-3H3. The average molecular weight is 374 g/mol. The third kappa shape index (κ3) is 3.73. The summed E-state index contributed by atoms with van der Waals surface area (Å²) in [6.07, 6.45) is -0.208. The molecule has 0 saturated heterocycles. The molecular formula is C19H22N2O4S. The molecule has 0 radical (unpaired) electrons. The number of nitrogens with one attached hydrogen (secondary N) is 1. The van der Waals surface area contributed by atoms with Gasteiger partial charge in [0.15, 0.2) is 0 Å². The Morgan fingerprint density at radius 3 is 2.58 bits per heavy atom. The molecule has 26 heavy (non-hydrogen) atoms. The number of sulfonamides is 1. The summed E-state index contributed by atoms with van der Waals surface area (Å²) in [5.41, 5.74) is 1.47. The van der Waals surface area contributed by atoms with Crippen molar-refractivity contribution in [2.75, 3.05) is 11.4 Å². The van der Waals surface area contributed by atoms with Crippen LogP contribution in [-0.2, 0) is 14.8 Å². The zero-order valence-corrected chi connectivity index (χ0v) is 15.8. The Bertz CT molecular complexity index is 912. The molecule has 1 amide bonds. The van der Waals surface area contributed by atoms with E-state index in [-0.39, 0.29) is 22.9 Å². The van der Waals surface area contributed by atoms with Crippen LogP contribution in [-0.4, -0.2) is 27.0 Å². The Labute approximate surface area is 153 Å². The first kappa shape index (κ1) is 18.4. The van der Waals surface area contributed by atoms with Crippen LogP contribution in [0.15, 0.2) is 53.4 Å². The molecule has 2 atom stereocenters. The van der Waals surface area contributed by atoms with Crippen molar-refractivity contribution in [3.63, 3.8) is 0 Å². The van der Waals surface area contributed by atoms with Crippen LogP contribution in [0, 0.1) is 0 Å². The lowest BCUT2D eigenvalue weighted by Crippen LogP contribution is -2.41. The Hall–Kier alpha value is -2.38. The van der Waals surface area contributed by atoms with Crippen LogP contribution in [0.5, 0.6) is 5.75 Å². The fourth-order valence-electron chi connectivity index (χ4n) is 3.00. The van der Waals surface area contributed by atoms with Gasteiger partial charge in [0, 0.05) is 19.0 Å². The van der Waals surface area contributed by atoms with E-state index in [9.17, 15) is 13.2 Å². The van der Waals surface area contributed by atoms with Crippen molar-refractivity contribution in [3.8, 4) is 5.75 Å². The van der Waals surface area contributed by atoms with Gasteiger partial charge >= 0.3 is 0 Å². The minimum absolute atomic E-state index is 0.104. The first-order valence-corrected chi connectivity index (χ1v) is 9.92. The van der Waals surface area contributed by atoms with E-state index in [4.69, 9.17) is 4.74 Å². The highest BCUT2D eigenvalue weighted by molar-refractivity contribution is 7.89. The SMILES string of the molecule is CC(=O)N1CC(C)Oc2cc(S(=O)(=O)NC(C)c3ccccc3)ccc21. The quantitative estimate of drug-likeness (QED) is 0.893. The van der Waals surface area contributed by atoms with E-state index in [1.54, 1.807) is 17.9 Å². The lowest BCUT2D eigenvalue weighted by atomic mass is 10.1. The maximum Gasteiger partial charge on any atom is 0.241 e. The highest BCUT2D eigenvalue weighted by Crippen LogP contribution is 2.35. The topological polar surface area (TPSA) is 75.7 Å². The third-order valence-electron chi connectivity index (χ3n) is 4.31. The van der Waals surface area contributed by atoms with Crippen molar-refractivity contribution >= 4 is 21.6 Å². The molecule has 2 aromatic carbocycles. The number of ether oxygens (including phenoxy) is 1. The summed E-state index contributed by atoms with van der Waals surface area (Å²) in [6.45, 7) is 5.56. The average Bonchev–Trinajstić information content (AvgIpc) is 2.60. The summed E-state index contributed by atoms with van der Waals surface area (Å²) in [5.74, 6) is 0.294. The number of benzene rings is 2. The molecule has 1 aliphatic heterocycles. The lowest BCUT2D eigenvalue weighted by molar-refractivity contribution is -0.117. The number of fused-ring (bicyclic) bond motifs is 1. The van der Waals surface area contributed by atoms with Crippen LogP contribution in [0.2, 0.25) is 0 Å². The number of carbonyl (C=O) groups excluding carboxylic acids is 1. The molecule has 0 fully saturated rings. The van der Waals surface area contributed by atoms with Gasteiger partial charge in [-0.15, -0.1) is 0 Å². The molecule has 7 heteroatoms. The molecule has 3 rings (SSSR count). The van der Waals surface area contributed by atoms with Crippen molar-refractivity contribution in [2.24, 2.45) is 0 Å². The number of nitrogens with zero attached hydrogens (tertiary/aromatic N) is 1. The number of amides is 1. The molecule has 0 aromatic heterocycles. The summed E-state index contributed by atoms with van der Waals surface area (Å²) < 4.78 is 33.9. The van der Waals surface area contributed by atoms with Crippen LogP contribution < -0.4 is 14.4 Å². The third-order valence-corrected chi connectivity index (χ3v) is 5.85. The van der Waals surface area contributed by atoms with Gasteiger partial charge in [-0.1, -0.05) is 30.3 Å². The second kappa shape index (κ2) is 7.09. The van der Waals surface area contributed by atoms with Gasteiger partial charge in [0.05, 0.1) is 17.1 Å². The molecule has 0 bridgehead atoms. The Balaban J connectivity index is 1.89. The zero-order chi connectivity index (χ0) is 18.9. The first-order valence-electron chi connectivity index (χ1n) is 8.44. The van der Waals surface area contributed by atoms with E-state index in [0.717, 1.165) is 5.56 Å². The van der Waals surface area contributed by atoms with Crippen LogP contribution in [0.25, 0.3) is 0 Å². The summed E-state index contributed by atoms with van der Waals surface area (Å²) in [5, 5.41) is 0. The van der Waals surface area contributed by atoms with Crippen LogP contribution in [0.3, 0.4) is 0 Å². The highest BCUT2D eigenvalue weighted by atomic mass is 32.2. The normalized spacial score (nSPS) is 18.0. The van der Waals surface area contributed by atoms with Crippen LogP contribution in [0.1, 0.15) is 32.4 Å². The van der Waals surface area contributed by atoms with Crippen molar-refractivity contribution < 1.29 is 17.9 Å². The highest BCUT2D eigenvalue weighted by Gasteiger charge is 2.28. The van der Waals surface area contributed by atoms with Gasteiger partial charge in [-0.3, -0.25) is 4.79 Å². The minimum Gasteiger partial charge on any atom is -0.487 e. The van der Waals surface area contributed by atoms with Crippen molar-refractivity contribution in [2.45, 2.75) is 37.8 Å². The van der Waals surface area contributed by atoms with E-state index in [1.807, 2.05) is 37.3 Å². The monoisotopic (exact) mass is 374 g/mol. The van der Waals surface area contributed by atoms with Gasteiger partial charge in [-0.2, -0.15) is 0 Å². The van der Waals surface area contributed by atoms with E-state index >= 15 is 0 Å². The van der Waals surface area contributed by atoms with Gasteiger partial charge in [0.25, 0.3) is 0 Å². The smallest absolute Gasteiger partial charge is 0.241 e. The van der Waals surface area contributed by atoms with Gasteiger partial charge in [-0.05, 0) is 31.5 Å². The fourth-order valence-corrected chi connectivity index (χ4v) is 4.24. The fraction of sp³-hybridized carbons (Fsp3) is 0.316. The molecule has 2 unspecified atom stereocenters. The lowest BCUT2D eigenvalue weighted by Gasteiger charge is -2.33. The molecule has 0 saturated carbocycles. The largest absolute Gasteiger partial charge is 0.487 e. The van der Waals surface area contributed by atoms with Gasteiger partial charge in [0.1, 0.15) is 11.9 Å². The minimum atomic E-state index is -3.73. The summed E-state index contributed by atoms with van der Waals surface area (Å²) >= 11 is 0. The predicted octanol–water partition coefficient (Wildman–Crippen LogP) is 2.86. The molecule has 1 aliphatic rings. The second-order valence-corrected chi connectivity index (χ2v) is 8.16. The summed E-state index contributed by atoms with van der Waals surface area (Å²) in [4.78, 5) is 13.5. The number of rotatable bonds is 4. The molecular weight excluding hydrogens is 352 g/mol. The Morgan fingerprint density at radius 1 is 1.23 bits per heavy atom. The van der Waals surface area contributed by atoms with E-state index in [0.29, 0.717) is 18.0 Å². The molecule has 2 aromatic rings. The summed E-state index contributed by atoms with van der Waals surface area (Å²) in [6, 6.07) is 13.6. The van der Waals surface area contributed by atoms with Crippen molar-refractivity contribution in [1.29, 1.82) is 0 Å². The number of hydrogen-bond acceptors (Lipinski definition) is 4. The Morgan fingerprint density at radius 2 is 1.92 bits per heavy atom. The molecule has 0 spiro atoms. The van der Waals surface area contributed by atoms with Gasteiger partial charge in [-0.25, -0.2) is 13.1 Å². The number of carbonyl (C=O) groups is 1. The number of anilines is 1. The zero-order valence-electron chi connectivity index (χ0n) is 15.0. The van der Waals surface area contributed by atoms with E-state index < -0.39 is 10.0 Å². The number of hydrogen-bond donors (Lipinski definition) is 1. The molecule has 6 nitrogen and oxygen atoms in total. The van der Waals surface area contributed by atoms with E-state index in [2.05, 4.69) is 4.72 Å². The van der Waals surface area contributed by atoms with Gasteiger partial charge in [0.2, 0.25) is 15.9 Å². The molecule has 1 N–H and O–H groups in total. The van der Waals surface area contributed by atoms with Crippen molar-refractivity contribution in [3.05, 3.63) is 54.1 Å². The second-order valence-electron chi connectivity index (χ2n) is 6.44. The summed E-state index contributed by atoms with van der Waals surface area (Å²) in [7, 11) is -3.73.